The van der Waals surface area contributed by atoms with Gasteiger partial charge in [-0.1, -0.05) is 6.92 Å². The summed E-state index contributed by atoms with van der Waals surface area (Å²) in [5.41, 5.74) is 2.69. The monoisotopic (exact) mass is 693 g/mol. The first-order valence-electron chi connectivity index (χ1n) is 16.5. The molecule has 1 aliphatic heterocycles. The molecule has 2 aromatic carbocycles. The van der Waals surface area contributed by atoms with Gasteiger partial charge in [-0.25, -0.2) is 19.2 Å². The number of ether oxygens (including phenoxy) is 1. The summed E-state index contributed by atoms with van der Waals surface area (Å²) in [6.07, 6.45) is 7.07. The van der Waals surface area contributed by atoms with E-state index in [-0.39, 0.29) is 40.7 Å². The summed E-state index contributed by atoms with van der Waals surface area (Å²) in [5.74, 6) is -4.27. The predicted molar refractivity (Wildman–Crippen MR) is 179 cm³/mol. The van der Waals surface area contributed by atoms with Gasteiger partial charge in [0, 0.05) is 54.8 Å². The number of carboxylic acids is 2. The minimum absolute atomic E-state index is 0.0134. The predicted octanol–water partition coefficient (Wildman–Crippen LogP) is 2.76. The van der Waals surface area contributed by atoms with Crippen molar-refractivity contribution in [3.05, 3.63) is 71.7 Å². The van der Waals surface area contributed by atoms with E-state index in [1.54, 1.807) is 22.7 Å². The summed E-state index contributed by atoms with van der Waals surface area (Å²) < 4.78 is 35.7. The van der Waals surface area contributed by atoms with Crippen LogP contribution in [0.15, 0.2) is 48.9 Å². The Hall–Kier alpha value is -5.15. The Bertz CT molecular complexity index is 1850. The number of nitrogens with zero attached hydrogens (tertiary/aromatic N) is 4. The SMILES string of the molecule is CCc1cc(Nc2nccn3c(-c4ccc(OC)c(F)c4F)cnc23)ccc1C(=O)NCCCCC[N+](CC(=O)[O-])(CC(=O)O)CC1CNC1. The molecule has 0 saturated carbocycles. The van der Waals surface area contributed by atoms with Crippen molar-refractivity contribution < 1.29 is 42.6 Å². The quantitative estimate of drug-likeness (QED) is 0.0898. The number of fused-ring (bicyclic) bond motifs is 1. The highest BCUT2D eigenvalue weighted by Crippen LogP contribution is 2.32. The number of aryl methyl sites for hydroxylation is 1. The van der Waals surface area contributed by atoms with Crippen molar-refractivity contribution in [1.29, 1.82) is 0 Å². The molecule has 1 amide bonds. The van der Waals surface area contributed by atoms with Gasteiger partial charge in [-0.2, -0.15) is 4.39 Å². The standard InChI is InChI=1S/C35H41F2N7O6/c1-3-23-15-24(42-33-34-41-18-27(43(34)13-12-39-33)26-9-10-28(50-2)32(37)31(26)36)7-8-25(23)35(49)40-11-5-4-6-14-44(20-29(45)46,21-30(47)48)19-22-16-38-17-22/h7-10,12-13,15,18,22,38H,3-6,11,14,16-17,19-21H2,1-2H3,(H3-,39,40,42,45,46,47,48,49). The third-order valence-corrected chi connectivity index (χ3v) is 9.01. The fourth-order valence-corrected chi connectivity index (χ4v) is 6.48. The number of halogens is 2. The molecule has 0 radical (unpaired) electrons. The van der Waals surface area contributed by atoms with Crippen LogP contribution in [0.3, 0.4) is 0 Å². The molecule has 13 nitrogen and oxygen atoms in total. The van der Waals surface area contributed by atoms with Gasteiger partial charge in [0.15, 0.2) is 29.6 Å². The Morgan fingerprint density at radius 2 is 1.90 bits per heavy atom. The molecule has 2 aromatic heterocycles. The Labute approximate surface area is 287 Å². The van der Waals surface area contributed by atoms with Crippen LogP contribution in [-0.2, 0) is 16.0 Å². The zero-order chi connectivity index (χ0) is 35.8. The lowest BCUT2D eigenvalue weighted by Gasteiger charge is -2.42. The maximum absolute atomic E-state index is 14.9. The number of rotatable bonds is 18. The Morgan fingerprint density at radius 1 is 1.10 bits per heavy atom. The van der Waals surface area contributed by atoms with Gasteiger partial charge in [-0.05, 0) is 61.6 Å². The van der Waals surface area contributed by atoms with E-state index in [0.29, 0.717) is 73.7 Å². The molecule has 0 bridgehead atoms. The third-order valence-electron chi connectivity index (χ3n) is 9.01. The van der Waals surface area contributed by atoms with Gasteiger partial charge in [-0.15, -0.1) is 0 Å². The van der Waals surface area contributed by atoms with Crippen LogP contribution in [0.5, 0.6) is 5.75 Å². The van der Waals surface area contributed by atoms with E-state index in [2.05, 4.69) is 25.9 Å². The van der Waals surface area contributed by atoms with Crippen LogP contribution in [0.2, 0.25) is 0 Å². The fourth-order valence-electron chi connectivity index (χ4n) is 6.48. The lowest BCUT2D eigenvalue weighted by atomic mass is 10.0. The Kier molecular flexibility index (Phi) is 11.6. The maximum Gasteiger partial charge on any atom is 0.359 e. The fraction of sp³-hybridized carbons (Fsp3) is 0.400. The van der Waals surface area contributed by atoms with Crippen molar-refractivity contribution in [2.45, 2.75) is 32.6 Å². The number of carboxylic acid groups (broad SMARTS) is 2. The van der Waals surface area contributed by atoms with Gasteiger partial charge in [0.05, 0.1) is 38.1 Å². The van der Waals surface area contributed by atoms with Crippen molar-refractivity contribution in [1.82, 2.24) is 25.0 Å². The van der Waals surface area contributed by atoms with Crippen LogP contribution in [0.4, 0.5) is 20.3 Å². The van der Waals surface area contributed by atoms with E-state index < -0.39 is 23.6 Å². The lowest BCUT2D eigenvalue weighted by Crippen LogP contribution is -2.62. The van der Waals surface area contributed by atoms with E-state index in [1.807, 2.05) is 13.0 Å². The van der Waals surface area contributed by atoms with Crippen LogP contribution in [0.1, 0.15) is 42.1 Å². The van der Waals surface area contributed by atoms with E-state index >= 15 is 0 Å². The number of hydrogen-bond donors (Lipinski definition) is 4. The van der Waals surface area contributed by atoms with Crippen LogP contribution < -0.4 is 25.8 Å². The second kappa shape index (κ2) is 16.0. The molecule has 0 spiro atoms. The van der Waals surface area contributed by atoms with Crippen molar-refractivity contribution in [3.8, 4) is 17.0 Å². The number of carbonyl (C=O) groups is 3. The average Bonchev–Trinajstić information content (AvgIpc) is 3.50. The molecule has 15 heteroatoms. The van der Waals surface area contributed by atoms with Crippen molar-refractivity contribution >= 4 is 35.0 Å². The normalized spacial score (nSPS) is 14.2. The number of carbonyl (C=O) groups excluding carboxylic acids is 2. The number of hydrogen-bond acceptors (Lipinski definition) is 9. The van der Waals surface area contributed by atoms with E-state index in [1.165, 1.54) is 31.6 Å². The number of unbranched alkanes of at least 4 members (excludes halogenated alkanes) is 2. The van der Waals surface area contributed by atoms with Gasteiger partial charge in [0.2, 0.25) is 5.82 Å². The highest BCUT2D eigenvalue weighted by Gasteiger charge is 2.35. The molecular weight excluding hydrogens is 652 g/mol. The van der Waals surface area contributed by atoms with Gasteiger partial charge in [0.1, 0.15) is 6.54 Å². The Morgan fingerprint density at radius 3 is 2.58 bits per heavy atom. The van der Waals surface area contributed by atoms with Crippen molar-refractivity contribution in [3.63, 3.8) is 0 Å². The van der Waals surface area contributed by atoms with Crippen LogP contribution >= 0.6 is 0 Å². The van der Waals surface area contributed by atoms with Gasteiger partial charge < -0.3 is 40.2 Å². The molecule has 266 valence electrons. The summed E-state index contributed by atoms with van der Waals surface area (Å²) in [4.78, 5) is 45.0. The molecule has 1 saturated heterocycles. The average molecular weight is 694 g/mol. The molecule has 0 aliphatic carbocycles. The zero-order valence-corrected chi connectivity index (χ0v) is 28.0. The van der Waals surface area contributed by atoms with Crippen molar-refractivity contribution in [2.75, 3.05) is 58.2 Å². The number of aromatic nitrogens is 3. The van der Waals surface area contributed by atoms with Crippen molar-refractivity contribution in [2.24, 2.45) is 5.92 Å². The molecule has 50 heavy (non-hydrogen) atoms. The second-order valence-electron chi connectivity index (χ2n) is 12.6. The number of aliphatic carboxylic acids is 2. The number of quaternary nitrogens is 1. The molecule has 1 aliphatic rings. The first-order valence-corrected chi connectivity index (χ1v) is 16.5. The first-order chi connectivity index (χ1) is 24.0. The van der Waals surface area contributed by atoms with Gasteiger partial charge in [-0.3, -0.25) is 9.20 Å². The summed E-state index contributed by atoms with van der Waals surface area (Å²) in [6, 6.07) is 8.08. The summed E-state index contributed by atoms with van der Waals surface area (Å²) in [7, 11) is 1.26. The molecule has 3 heterocycles. The summed E-state index contributed by atoms with van der Waals surface area (Å²) in [6.45, 7) is 4.07. The smallest absolute Gasteiger partial charge is 0.359 e. The molecular formula is C35H41F2N7O6. The molecule has 1 atom stereocenters. The largest absolute Gasteiger partial charge is 0.544 e. The highest BCUT2D eigenvalue weighted by atomic mass is 19.2. The Balaban J connectivity index is 1.19. The third kappa shape index (κ3) is 8.34. The van der Waals surface area contributed by atoms with Crippen LogP contribution in [0.25, 0.3) is 16.9 Å². The van der Waals surface area contributed by atoms with Crippen LogP contribution in [-0.4, -0.2) is 94.7 Å². The number of nitrogens with one attached hydrogen (secondary N) is 3. The summed E-state index contributed by atoms with van der Waals surface area (Å²) in [5, 5.41) is 30.3. The van der Waals surface area contributed by atoms with E-state index in [0.717, 1.165) is 18.7 Å². The second-order valence-corrected chi connectivity index (χ2v) is 12.6. The topological polar surface area (TPSA) is 170 Å². The minimum atomic E-state index is -1.26. The maximum atomic E-state index is 14.9. The number of anilines is 2. The number of amides is 1. The molecule has 4 aromatic rings. The minimum Gasteiger partial charge on any atom is -0.544 e. The highest BCUT2D eigenvalue weighted by molar-refractivity contribution is 5.96. The summed E-state index contributed by atoms with van der Waals surface area (Å²) >= 11 is 0. The zero-order valence-electron chi connectivity index (χ0n) is 28.0. The molecule has 4 N–H and O–H groups in total. The van der Waals surface area contributed by atoms with E-state index in [4.69, 9.17) is 4.74 Å². The number of benzene rings is 2. The van der Waals surface area contributed by atoms with Gasteiger partial charge >= 0.3 is 5.97 Å². The lowest BCUT2D eigenvalue weighted by molar-refractivity contribution is -0.919. The van der Waals surface area contributed by atoms with E-state index in [9.17, 15) is 33.4 Å². The molecule has 1 unspecified atom stereocenters. The number of methoxy groups -OCH3 is 1. The molecule has 1 fully saturated rings. The number of imidazole rings is 1. The van der Waals surface area contributed by atoms with Gasteiger partial charge in [0.25, 0.3) is 5.91 Å². The van der Waals surface area contributed by atoms with Crippen LogP contribution in [0, 0.1) is 17.6 Å². The first kappa shape index (κ1) is 36.1. The molecule has 5 rings (SSSR count).